The predicted molar refractivity (Wildman–Crippen MR) is 85.1 cm³/mol. The van der Waals surface area contributed by atoms with E-state index >= 15 is 0 Å². The van der Waals surface area contributed by atoms with Crippen LogP contribution in [0.15, 0.2) is 18.2 Å². The van der Waals surface area contributed by atoms with Gasteiger partial charge in [0, 0.05) is 5.56 Å². The number of alkyl halides is 2. The molecule has 1 aliphatic rings. The fourth-order valence-corrected chi connectivity index (χ4v) is 3.22. The molecular formula is C17H21F2NO5. The fraction of sp³-hybridized carbons (Fsp3) is 0.529. The molecule has 0 saturated heterocycles. The molecule has 8 heteroatoms. The Bertz CT molecular complexity index is 652. The van der Waals surface area contributed by atoms with Crippen molar-refractivity contribution in [3.05, 3.63) is 23.8 Å². The van der Waals surface area contributed by atoms with Crippen molar-refractivity contribution in [1.82, 2.24) is 5.32 Å². The number of amides is 1. The van der Waals surface area contributed by atoms with Crippen LogP contribution in [0.2, 0.25) is 0 Å². The highest BCUT2D eigenvalue weighted by Gasteiger charge is 2.42. The van der Waals surface area contributed by atoms with Gasteiger partial charge in [-0.1, -0.05) is 12.8 Å². The Balaban J connectivity index is 2.23. The summed E-state index contributed by atoms with van der Waals surface area (Å²) in [6, 6.07) is 3.92. The molecule has 0 aliphatic heterocycles. The molecule has 0 spiro atoms. The van der Waals surface area contributed by atoms with Crippen molar-refractivity contribution in [2.24, 2.45) is 5.92 Å². The van der Waals surface area contributed by atoms with Crippen molar-refractivity contribution in [2.45, 2.75) is 44.8 Å². The molecule has 2 rings (SSSR count). The second kappa shape index (κ2) is 7.67. The lowest BCUT2D eigenvalue weighted by Crippen LogP contribution is -2.55. The van der Waals surface area contributed by atoms with E-state index in [-0.39, 0.29) is 17.1 Å². The first-order chi connectivity index (χ1) is 11.8. The Morgan fingerprint density at radius 1 is 1.32 bits per heavy atom. The van der Waals surface area contributed by atoms with Crippen LogP contribution in [0.3, 0.4) is 0 Å². The molecule has 1 amide bonds. The van der Waals surface area contributed by atoms with E-state index in [1.165, 1.54) is 19.2 Å². The summed E-state index contributed by atoms with van der Waals surface area (Å²) in [5.41, 5.74) is -0.808. The molecule has 6 nitrogen and oxygen atoms in total. The van der Waals surface area contributed by atoms with Crippen LogP contribution in [-0.4, -0.2) is 36.2 Å². The molecule has 0 aromatic heterocycles. The average Bonchev–Trinajstić information content (AvgIpc) is 2.53. The summed E-state index contributed by atoms with van der Waals surface area (Å²) in [5.74, 6) is -2.38. The zero-order valence-electron chi connectivity index (χ0n) is 14.1. The molecule has 1 aliphatic carbocycles. The minimum atomic E-state index is -3.06. The highest BCUT2D eigenvalue weighted by molar-refractivity contribution is 5.95. The SMILES string of the molecule is COc1ccc(C(=O)NC2(C)CCCCC2C(=O)O)cc1OC(F)F. The van der Waals surface area contributed by atoms with Crippen molar-refractivity contribution in [3.63, 3.8) is 0 Å². The number of nitrogens with one attached hydrogen (secondary N) is 1. The molecule has 1 saturated carbocycles. The first-order valence-corrected chi connectivity index (χ1v) is 7.95. The monoisotopic (exact) mass is 357 g/mol. The van der Waals surface area contributed by atoms with Gasteiger partial charge in [-0.2, -0.15) is 8.78 Å². The number of carbonyl (C=O) groups is 2. The number of rotatable bonds is 6. The summed E-state index contributed by atoms with van der Waals surface area (Å²) in [6.07, 6.45) is 2.61. The highest BCUT2D eigenvalue weighted by atomic mass is 19.3. The first kappa shape index (κ1) is 19.0. The maximum atomic E-state index is 12.5. The van der Waals surface area contributed by atoms with Gasteiger partial charge in [0.2, 0.25) is 0 Å². The number of ether oxygens (including phenoxy) is 2. The third-order valence-electron chi connectivity index (χ3n) is 4.55. The van der Waals surface area contributed by atoms with Crippen LogP contribution in [-0.2, 0) is 4.79 Å². The van der Waals surface area contributed by atoms with Gasteiger partial charge in [-0.25, -0.2) is 0 Å². The quantitative estimate of drug-likeness (QED) is 0.817. The summed E-state index contributed by atoms with van der Waals surface area (Å²) < 4.78 is 34.3. The Hall–Kier alpha value is -2.38. The number of carboxylic acid groups (broad SMARTS) is 1. The van der Waals surface area contributed by atoms with Crippen LogP contribution in [0.25, 0.3) is 0 Å². The largest absolute Gasteiger partial charge is 0.493 e. The van der Waals surface area contributed by atoms with Crippen LogP contribution >= 0.6 is 0 Å². The Morgan fingerprint density at radius 2 is 2.04 bits per heavy atom. The summed E-state index contributed by atoms with van der Waals surface area (Å²) >= 11 is 0. The molecule has 25 heavy (non-hydrogen) atoms. The molecule has 1 aromatic rings. The van der Waals surface area contributed by atoms with Crippen LogP contribution in [0.1, 0.15) is 43.0 Å². The number of aliphatic carboxylic acids is 1. The fourth-order valence-electron chi connectivity index (χ4n) is 3.22. The van der Waals surface area contributed by atoms with Gasteiger partial charge in [0.25, 0.3) is 5.91 Å². The number of halogens is 2. The maximum Gasteiger partial charge on any atom is 0.387 e. The van der Waals surface area contributed by atoms with Gasteiger partial charge < -0.3 is 19.9 Å². The van der Waals surface area contributed by atoms with Crippen molar-refractivity contribution >= 4 is 11.9 Å². The molecule has 2 atom stereocenters. The van der Waals surface area contributed by atoms with Crippen LogP contribution < -0.4 is 14.8 Å². The number of carboxylic acids is 1. The topological polar surface area (TPSA) is 84.9 Å². The molecule has 1 fully saturated rings. The van der Waals surface area contributed by atoms with E-state index in [4.69, 9.17) is 4.74 Å². The van der Waals surface area contributed by atoms with Gasteiger partial charge in [0.15, 0.2) is 11.5 Å². The summed E-state index contributed by atoms with van der Waals surface area (Å²) in [5, 5.41) is 12.2. The first-order valence-electron chi connectivity index (χ1n) is 7.95. The van der Waals surface area contributed by atoms with E-state index in [9.17, 15) is 23.5 Å². The molecule has 2 unspecified atom stereocenters. The Kier molecular flexibility index (Phi) is 5.81. The number of benzene rings is 1. The zero-order chi connectivity index (χ0) is 18.6. The second-order valence-corrected chi connectivity index (χ2v) is 6.25. The standard InChI is InChI=1S/C17H21F2NO5/c1-17(8-4-3-5-11(17)15(22)23)20-14(21)10-6-7-12(24-2)13(9-10)25-16(18)19/h6-7,9,11,16H,3-5,8H2,1-2H3,(H,20,21)(H,22,23). The maximum absolute atomic E-state index is 12.5. The molecule has 0 bridgehead atoms. The molecule has 138 valence electrons. The van der Waals surface area contributed by atoms with E-state index < -0.39 is 29.9 Å². The van der Waals surface area contributed by atoms with E-state index in [0.29, 0.717) is 12.8 Å². The average molecular weight is 357 g/mol. The van der Waals surface area contributed by atoms with Crippen LogP contribution in [0.4, 0.5) is 8.78 Å². The number of hydrogen-bond acceptors (Lipinski definition) is 4. The van der Waals surface area contributed by atoms with Crippen molar-refractivity contribution in [1.29, 1.82) is 0 Å². The molecule has 1 aromatic carbocycles. The van der Waals surface area contributed by atoms with Gasteiger partial charge >= 0.3 is 12.6 Å². The number of methoxy groups -OCH3 is 1. The van der Waals surface area contributed by atoms with E-state index in [2.05, 4.69) is 10.1 Å². The lowest BCUT2D eigenvalue weighted by Gasteiger charge is -2.39. The highest BCUT2D eigenvalue weighted by Crippen LogP contribution is 2.35. The molecular weight excluding hydrogens is 336 g/mol. The summed E-state index contributed by atoms with van der Waals surface area (Å²) in [7, 11) is 1.30. The summed E-state index contributed by atoms with van der Waals surface area (Å²) in [6.45, 7) is -1.36. The van der Waals surface area contributed by atoms with Gasteiger partial charge in [0.1, 0.15) is 0 Å². The van der Waals surface area contributed by atoms with Crippen LogP contribution in [0, 0.1) is 5.92 Å². The second-order valence-electron chi connectivity index (χ2n) is 6.25. The third kappa shape index (κ3) is 4.37. The lowest BCUT2D eigenvalue weighted by atomic mass is 9.73. The molecule has 2 N–H and O–H groups in total. The molecule has 0 heterocycles. The minimum absolute atomic E-state index is 0.0733. The lowest BCUT2D eigenvalue weighted by molar-refractivity contribution is -0.145. The van der Waals surface area contributed by atoms with Crippen LogP contribution in [0.5, 0.6) is 11.5 Å². The zero-order valence-corrected chi connectivity index (χ0v) is 14.1. The Morgan fingerprint density at radius 3 is 2.64 bits per heavy atom. The van der Waals surface area contributed by atoms with Gasteiger partial charge in [-0.15, -0.1) is 0 Å². The van der Waals surface area contributed by atoms with Gasteiger partial charge in [-0.3, -0.25) is 9.59 Å². The van der Waals surface area contributed by atoms with Gasteiger partial charge in [0.05, 0.1) is 18.6 Å². The van der Waals surface area contributed by atoms with Crippen molar-refractivity contribution < 1.29 is 33.0 Å². The van der Waals surface area contributed by atoms with E-state index in [0.717, 1.165) is 18.9 Å². The van der Waals surface area contributed by atoms with Crippen molar-refractivity contribution in [2.75, 3.05) is 7.11 Å². The smallest absolute Gasteiger partial charge is 0.387 e. The minimum Gasteiger partial charge on any atom is -0.493 e. The number of hydrogen-bond donors (Lipinski definition) is 2. The van der Waals surface area contributed by atoms with Crippen molar-refractivity contribution in [3.8, 4) is 11.5 Å². The van der Waals surface area contributed by atoms with E-state index in [1.807, 2.05) is 0 Å². The summed E-state index contributed by atoms with van der Waals surface area (Å²) in [4.78, 5) is 24.0. The number of carbonyl (C=O) groups excluding carboxylic acids is 1. The third-order valence-corrected chi connectivity index (χ3v) is 4.55. The van der Waals surface area contributed by atoms with E-state index in [1.54, 1.807) is 6.92 Å². The predicted octanol–water partition coefficient (Wildman–Crippen LogP) is 3.06. The molecule has 0 radical (unpaired) electrons. The van der Waals surface area contributed by atoms with Gasteiger partial charge in [-0.05, 0) is 38.0 Å². The Labute approximate surface area is 144 Å². The normalized spacial score (nSPS) is 23.2.